The molecule has 2 aromatic rings. The van der Waals surface area contributed by atoms with Gasteiger partial charge in [0.05, 0.1) is 13.3 Å². The van der Waals surface area contributed by atoms with E-state index in [1.54, 1.807) is 6.92 Å². The van der Waals surface area contributed by atoms with Gasteiger partial charge in [0.15, 0.2) is 0 Å². The third-order valence-electron chi connectivity index (χ3n) is 6.59. The fourth-order valence-corrected chi connectivity index (χ4v) is 4.68. The van der Waals surface area contributed by atoms with Crippen molar-refractivity contribution in [3.8, 4) is 5.75 Å². The maximum atomic E-state index is 13.1. The fourth-order valence-electron chi connectivity index (χ4n) is 4.68. The third-order valence-corrected chi connectivity index (χ3v) is 6.59. The summed E-state index contributed by atoms with van der Waals surface area (Å²) >= 11 is 0. The lowest BCUT2D eigenvalue weighted by atomic mass is 9.92. The first-order chi connectivity index (χ1) is 15.0. The molecule has 3 aliphatic rings. The molecular weight excluding hydrogens is 392 g/mol. The molecule has 0 unspecified atom stereocenters. The van der Waals surface area contributed by atoms with E-state index in [0.29, 0.717) is 6.67 Å². The minimum atomic E-state index is -1.00. The van der Waals surface area contributed by atoms with E-state index < -0.39 is 5.54 Å². The number of imide groups is 1. The Morgan fingerprint density at radius 2 is 1.74 bits per heavy atom. The maximum Gasteiger partial charge on any atom is 0.326 e. The summed E-state index contributed by atoms with van der Waals surface area (Å²) in [5.74, 6) is 0.830. The first-order valence-electron chi connectivity index (χ1n) is 10.9. The van der Waals surface area contributed by atoms with Crippen LogP contribution in [-0.2, 0) is 23.3 Å². The summed E-state index contributed by atoms with van der Waals surface area (Å²) in [5.41, 5.74) is 2.42. The number of benzene rings is 2. The van der Waals surface area contributed by atoms with E-state index in [1.807, 2.05) is 30.3 Å². The summed E-state index contributed by atoms with van der Waals surface area (Å²) in [5, 5.41) is 2.89. The quantitative estimate of drug-likeness (QED) is 0.751. The molecule has 0 spiro atoms. The van der Waals surface area contributed by atoms with Gasteiger partial charge in [-0.15, -0.1) is 0 Å². The fraction of sp³-hybridized carbons (Fsp3) is 0.417. The van der Waals surface area contributed by atoms with Gasteiger partial charge in [-0.05, 0) is 29.7 Å². The second kappa shape index (κ2) is 7.98. The lowest BCUT2D eigenvalue weighted by Crippen LogP contribution is -2.51. The van der Waals surface area contributed by atoms with Crippen LogP contribution >= 0.6 is 0 Å². The zero-order valence-corrected chi connectivity index (χ0v) is 17.8. The number of hydrogen-bond acceptors (Lipinski definition) is 5. The Morgan fingerprint density at radius 1 is 1.00 bits per heavy atom. The van der Waals surface area contributed by atoms with Gasteiger partial charge in [0.25, 0.3) is 5.91 Å². The van der Waals surface area contributed by atoms with Crippen molar-refractivity contribution in [3.63, 3.8) is 0 Å². The van der Waals surface area contributed by atoms with Crippen LogP contribution in [0.1, 0.15) is 23.6 Å². The highest BCUT2D eigenvalue weighted by atomic mass is 16.5. The third kappa shape index (κ3) is 3.79. The summed E-state index contributed by atoms with van der Waals surface area (Å²) < 4.78 is 5.60. The van der Waals surface area contributed by atoms with Gasteiger partial charge in [-0.2, -0.15) is 0 Å². The number of piperazine rings is 1. The summed E-state index contributed by atoms with van der Waals surface area (Å²) in [6.45, 7) is 7.28. The first kappa shape index (κ1) is 20.0. The highest BCUT2D eigenvalue weighted by Gasteiger charge is 2.49. The van der Waals surface area contributed by atoms with E-state index >= 15 is 0 Å². The Bertz CT molecular complexity index is 988. The Balaban J connectivity index is 1.17. The highest BCUT2D eigenvalue weighted by Crippen LogP contribution is 2.29. The van der Waals surface area contributed by atoms with E-state index in [9.17, 15) is 9.59 Å². The lowest BCUT2D eigenvalue weighted by Gasteiger charge is -2.36. The van der Waals surface area contributed by atoms with Crippen molar-refractivity contribution < 1.29 is 14.3 Å². The number of nitrogens with zero attached hydrogens (tertiary/aromatic N) is 3. The summed E-state index contributed by atoms with van der Waals surface area (Å²) in [6, 6.07) is 15.6. The number of amides is 3. The van der Waals surface area contributed by atoms with Crippen LogP contribution in [0.15, 0.2) is 48.5 Å². The number of carbonyl (C=O) groups excluding carboxylic acids is 2. The van der Waals surface area contributed by atoms with Crippen LogP contribution in [0, 0.1) is 0 Å². The predicted molar refractivity (Wildman–Crippen MR) is 117 cm³/mol. The molecule has 31 heavy (non-hydrogen) atoms. The van der Waals surface area contributed by atoms with E-state index in [2.05, 4.69) is 33.3 Å². The molecule has 1 N–H and O–H groups in total. The average Bonchev–Trinajstić information content (AvgIpc) is 3.34. The Morgan fingerprint density at radius 3 is 2.52 bits per heavy atom. The normalized spacial score (nSPS) is 24.2. The molecule has 2 fully saturated rings. The number of hydrogen-bond donors (Lipinski definition) is 1. The zero-order valence-electron chi connectivity index (χ0n) is 17.8. The molecule has 5 rings (SSSR count). The second-order valence-electron chi connectivity index (χ2n) is 8.73. The van der Waals surface area contributed by atoms with Gasteiger partial charge in [-0.25, -0.2) is 9.69 Å². The number of fused-ring (bicyclic) bond motifs is 1. The molecule has 162 valence electrons. The molecule has 0 aliphatic carbocycles. The van der Waals surface area contributed by atoms with Crippen LogP contribution in [0.5, 0.6) is 5.75 Å². The molecule has 2 aromatic carbocycles. The molecule has 7 nitrogen and oxygen atoms in total. The topological polar surface area (TPSA) is 65.1 Å². The van der Waals surface area contributed by atoms with Crippen molar-refractivity contribution in [3.05, 3.63) is 65.2 Å². The van der Waals surface area contributed by atoms with Crippen LogP contribution < -0.4 is 10.1 Å². The second-order valence-corrected chi connectivity index (χ2v) is 8.73. The summed E-state index contributed by atoms with van der Waals surface area (Å²) in [7, 11) is 0. The van der Waals surface area contributed by atoms with E-state index in [1.165, 1.54) is 16.0 Å². The molecule has 2 saturated heterocycles. The van der Waals surface area contributed by atoms with Crippen LogP contribution in [0.4, 0.5) is 4.79 Å². The summed E-state index contributed by atoms with van der Waals surface area (Å²) in [4.78, 5) is 31.7. The standard InChI is InChI=1S/C24H28N4O3/c1-24(20-5-3-2-4-6-20)22(29)28(23(30)25-24)17-27-12-10-26(11-13-27)16-18-7-8-21-19(15-18)9-14-31-21/h2-8,15H,9-14,16-17H2,1H3,(H,25,30)/t24-/m1/s1. The smallest absolute Gasteiger partial charge is 0.326 e. The molecule has 0 bridgehead atoms. The Hall–Kier alpha value is -2.90. The van der Waals surface area contributed by atoms with Crippen LogP contribution in [0.3, 0.4) is 0 Å². The highest BCUT2D eigenvalue weighted by molar-refractivity contribution is 6.07. The molecule has 1 atom stereocenters. The minimum absolute atomic E-state index is 0.188. The van der Waals surface area contributed by atoms with Gasteiger partial charge >= 0.3 is 6.03 Å². The Kier molecular flexibility index (Phi) is 5.16. The molecular formula is C24H28N4O3. The van der Waals surface area contributed by atoms with Crippen molar-refractivity contribution in [2.45, 2.75) is 25.4 Å². The number of carbonyl (C=O) groups is 2. The van der Waals surface area contributed by atoms with E-state index in [0.717, 1.165) is 57.1 Å². The Labute approximate surface area is 182 Å². The number of ether oxygens (including phenoxy) is 1. The van der Waals surface area contributed by atoms with Gasteiger partial charge < -0.3 is 10.1 Å². The predicted octanol–water partition coefficient (Wildman–Crippen LogP) is 2.16. The van der Waals surface area contributed by atoms with Crippen LogP contribution in [-0.4, -0.2) is 66.1 Å². The van der Waals surface area contributed by atoms with Gasteiger partial charge in [-0.1, -0.05) is 42.5 Å². The van der Waals surface area contributed by atoms with E-state index in [-0.39, 0.29) is 11.9 Å². The maximum absolute atomic E-state index is 13.1. The monoisotopic (exact) mass is 420 g/mol. The molecule has 0 aromatic heterocycles. The zero-order chi connectivity index (χ0) is 21.4. The van der Waals surface area contributed by atoms with Crippen LogP contribution in [0.25, 0.3) is 0 Å². The number of nitrogens with one attached hydrogen (secondary N) is 1. The van der Waals surface area contributed by atoms with Crippen molar-refractivity contribution >= 4 is 11.9 Å². The average molecular weight is 421 g/mol. The number of rotatable bonds is 5. The van der Waals surface area contributed by atoms with Gasteiger partial charge in [0.2, 0.25) is 0 Å². The van der Waals surface area contributed by atoms with Crippen molar-refractivity contribution in [1.29, 1.82) is 0 Å². The molecule has 3 heterocycles. The van der Waals surface area contributed by atoms with Crippen LogP contribution in [0.2, 0.25) is 0 Å². The molecule has 0 saturated carbocycles. The van der Waals surface area contributed by atoms with Gasteiger partial charge in [0.1, 0.15) is 11.3 Å². The SMILES string of the molecule is C[C@]1(c2ccccc2)NC(=O)N(CN2CCN(Cc3ccc4c(c3)CCO4)CC2)C1=O. The van der Waals surface area contributed by atoms with E-state index in [4.69, 9.17) is 4.74 Å². The van der Waals surface area contributed by atoms with Crippen molar-refractivity contribution in [2.75, 3.05) is 39.5 Å². The van der Waals surface area contributed by atoms with Crippen molar-refractivity contribution in [1.82, 2.24) is 20.0 Å². The molecule has 3 aliphatic heterocycles. The number of urea groups is 1. The van der Waals surface area contributed by atoms with Gasteiger partial charge in [0, 0.05) is 39.1 Å². The van der Waals surface area contributed by atoms with Gasteiger partial charge in [-0.3, -0.25) is 14.6 Å². The molecule has 7 heteroatoms. The summed E-state index contributed by atoms with van der Waals surface area (Å²) in [6.07, 6.45) is 0.991. The first-order valence-corrected chi connectivity index (χ1v) is 10.9. The molecule has 3 amide bonds. The molecule has 0 radical (unpaired) electrons. The lowest BCUT2D eigenvalue weighted by molar-refractivity contribution is -0.132. The van der Waals surface area contributed by atoms with Crippen molar-refractivity contribution in [2.24, 2.45) is 0 Å². The minimum Gasteiger partial charge on any atom is -0.493 e. The largest absolute Gasteiger partial charge is 0.493 e.